The van der Waals surface area contributed by atoms with E-state index in [-0.39, 0.29) is 5.41 Å². The molecule has 0 aliphatic heterocycles. The van der Waals surface area contributed by atoms with Crippen molar-refractivity contribution in [3.05, 3.63) is 11.2 Å². The third-order valence-corrected chi connectivity index (χ3v) is 3.53. The molecule has 1 aromatic rings. The summed E-state index contributed by atoms with van der Waals surface area (Å²) in [6.45, 7) is 2.28. The fourth-order valence-electron chi connectivity index (χ4n) is 2.10. The predicted octanol–water partition coefficient (Wildman–Crippen LogP) is 2.56. The maximum atomic E-state index is 5.86. The lowest BCUT2D eigenvalue weighted by atomic mass is 9.85. The first kappa shape index (κ1) is 8.05. The molecule has 0 amide bonds. The highest BCUT2D eigenvalue weighted by atomic mass is 32.1. The van der Waals surface area contributed by atoms with Crippen molar-refractivity contribution in [2.75, 3.05) is 5.73 Å². The van der Waals surface area contributed by atoms with Gasteiger partial charge in [-0.2, -0.15) is 0 Å². The highest BCUT2D eigenvalue weighted by molar-refractivity contribution is 7.13. The average molecular weight is 182 g/mol. The summed E-state index contributed by atoms with van der Waals surface area (Å²) in [6, 6.07) is 0. The van der Waals surface area contributed by atoms with Gasteiger partial charge in [0, 0.05) is 5.41 Å². The van der Waals surface area contributed by atoms with Crippen molar-refractivity contribution in [3.63, 3.8) is 0 Å². The number of rotatable bonds is 1. The maximum Gasteiger partial charge on any atom is 0.110 e. The Kier molecular flexibility index (Phi) is 1.83. The van der Waals surface area contributed by atoms with Crippen LogP contribution in [0.4, 0.5) is 5.00 Å². The largest absolute Gasteiger partial charge is 0.389 e. The normalized spacial score (nSPS) is 21.4. The van der Waals surface area contributed by atoms with Crippen molar-refractivity contribution in [1.29, 1.82) is 0 Å². The smallest absolute Gasteiger partial charge is 0.110 e. The van der Waals surface area contributed by atoms with Crippen molar-refractivity contribution >= 4 is 16.3 Å². The van der Waals surface area contributed by atoms with Crippen LogP contribution in [0.5, 0.6) is 0 Å². The van der Waals surface area contributed by atoms with E-state index >= 15 is 0 Å². The van der Waals surface area contributed by atoms with Crippen LogP contribution in [-0.2, 0) is 5.41 Å². The third-order valence-electron chi connectivity index (χ3n) is 2.87. The van der Waals surface area contributed by atoms with Gasteiger partial charge in [0.15, 0.2) is 0 Å². The molecule has 66 valence electrons. The molecule has 0 spiro atoms. The Labute approximate surface area is 76.8 Å². The fourth-order valence-corrected chi connectivity index (χ4v) is 2.78. The first-order chi connectivity index (χ1) is 5.72. The van der Waals surface area contributed by atoms with Crippen LogP contribution in [0.25, 0.3) is 0 Å². The van der Waals surface area contributed by atoms with Crippen LogP contribution in [0.2, 0.25) is 0 Å². The molecule has 1 saturated carbocycles. The molecule has 3 heteroatoms. The molecule has 0 unspecified atom stereocenters. The number of hydrogen-bond acceptors (Lipinski definition) is 3. The summed E-state index contributed by atoms with van der Waals surface area (Å²) in [5, 5.41) is 0.916. The lowest BCUT2D eigenvalue weighted by Crippen LogP contribution is -2.18. The summed E-state index contributed by atoms with van der Waals surface area (Å²) in [5.74, 6) is 0. The van der Waals surface area contributed by atoms with Gasteiger partial charge in [0.2, 0.25) is 0 Å². The Bertz CT molecular complexity index is 274. The minimum absolute atomic E-state index is 0.282. The molecule has 0 atom stereocenters. The van der Waals surface area contributed by atoms with Gasteiger partial charge in [-0.1, -0.05) is 19.8 Å². The number of thiazole rings is 1. The quantitative estimate of drug-likeness (QED) is 0.725. The van der Waals surface area contributed by atoms with E-state index < -0.39 is 0 Å². The Morgan fingerprint density at radius 3 is 2.67 bits per heavy atom. The van der Waals surface area contributed by atoms with Gasteiger partial charge in [0.1, 0.15) is 5.00 Å². The van der Waals surface area contributed by atoms with Crippen LogP contribution in [0.1, 0.15) is 38.3 Å². The van der Waals surface area contributed by atoms with Crippen molar-refractivity contribution in [1.82, 2.24) is 4.98 Å². The van der Waals surface area contributed by atoms with Gasteiger partial charge in [0.25, 0.3) is 0 Å². The number of nitrogens with two attached hydrogens (primary N) is 1. The first-order valence-electron chi connectivity index (χ1n) is 4.42. The highest BCUT2D eigenvalue weighted by Crippen LogP contribution is 2.42. The van der Waals surface area contributed by atoms with Gasteiger partial charge in [-0.25, -0.2) is 4.98 Å². The summed E-state index contributed by atoms with van der Waals surface area (Å²) in [7, 11) is 0. The SMILES string of the molecule is CC1(c2ncsc2N)CCCC1. The zero-order valence-electron chi connectivity index (χ0n) is 7.34. The minimum atomic E-state index is 0.282. The molecule has 1 aliphatic carbocycles. The van der Waals surface area contributed by atoms with Gasteiger partial charge < -0.3 is 5.73 Å². The number of anilines is 1. The summed E-state index contributed by atoms with van der Waals surface area (Å²) >= 11 is 1.56. The molecule has 0 saturated heterocycles. The van der Waals surface area contributed by atoms with Crippen LogP contribution in [-0.4, -0.2) is 4.98 Å². The second-order valence-corrected chi connectivity index (χ2v) is 4.72. The summed E-state index contributed by atoms with van der Waals surface area (Å²) < 4.78 is 0. The molecule has 2 N–H and O–H groups in total. The Hall–Kier alpha value is -0.570. The average Bonchev–Trinajstić information content (AvgIpc) is 2.59. The lowest BCUT2D eigenvalue weighted by Gasteiger charge is -2.21. The standard InChI is InChI=1S/C9H14N2S/c1-9(4-2-3-5-9)7-8(10)12-6-11-7/h6H,2-5,10H2,1H3. The topological polar surface area (TPSA) is 38.9 Å². The molecule has 12 heavy (non-hydrogen) atoms. The van der Waals surface area contributed by atoms with E-state index in [1.807, 2.05) is 5.51 Å². The molecule has 1 aromatic heterocycles. The molecular formula is C9H14N2S. The van der Waals surface area contributed by atoms with Gasteiger partial charge in [0.05, 0.1) is 11.2 Å². The van der Waals surface area contributed by atoms with E-state index in [0.717, 1.165) is 10.7 Å². The van der Waals surface area contributed by atoms with Crippen LogP contribution in [0.3, 0.4) is 0 Å². The van der Waals surface area contributed by atoms with Gasteiger partial charge in [-0.3, -0.25) is 0 Å². The lowest BCUT2D eigenvalue weighted by molar-refractivity contribution is 0.480. The predicted molar refractivity (Wildman–Crippen MR) is 52.3 cm³/mol. The summed E-state index contributed by atoms with van der Waals surface area (Å²) in [6.07, 6.45) is 5.16. The van der Waals surface area contributed by atoms with Gasteiger partial charge in [-0.15, -0.1) is 11.3 Å². The van der Waals surface area contributed by atoms with Crippen molar-refractivity contribution in [2.24, 2.45) is 0 Å². The van der Waals surface area contributed by atoms with Crippen LogP contribution in [0, 0.1) is 0 Å². The first-order valence-corrected chi connectivity index (χ1v) is 5.30. The zero-order valence-corrected chi connectivity index (χ0v) is 8.16. The zero-order chi connectivity index (χ0) is 8.60. The second-order valence-electron chi connectivity index (χ2n) is 3.83. The Morgan fingerprint density at radius 1 is 1.50 bits per heavy atom. The van der Waals surface area contributed by atoms with E-state index in [4.69, 9.17) is 5.73 Å². The molecule has 1 aliphatic rings. The Balaban J connectivity index is 2.34. The van der Waals surface area contributed by atoms with E-state index in [1.54, 1.807) is 11.3 Å². The van der Waals surface area contributed by atoms with E-state index in [0.29, 0.717) is 0 Å². The second kappa shape index (κ2) is 2.73. The maximum absolute atomic E-state index is 5.86. The molecule has 1 heterocycles. The highest BCUT2D eigenvalue weighted by Gasteiger charge is 2.33. The van der Waals surface area contributed by atoms with E-state index in [9.17, 15) is 0 Å². The fraction of sp³-hybridized carbons (Fsp3) is 0.667. The number of aromatic nitrogens is 1. The van der Waals surface area contributed by atoms with Crippen LogP contribution < -0.4 is 5.73 Å². The summed E-state index contributed by atoms with van der Waals surface area (Å²) in [4.78, 5) is 4.36. The van der Waals surface area contributed by atoms with Crippen molar-refractivity contribution in [2.45, 2.75) is 38.0 Å². The Morgan fingerprint density at radius 2 is 2.17 bits per heavy atom. The number of nitrogens with zero attached hydrogens (tertiary/aromatic N) is 1. The summed E-state index contributed by atoms with van der Waals surface area (Å²) in [5.41, 5.74) is 9.14. The van der Waals surface area contributed by atoms with Crippen molar-refractivity contribution < 1.29 is 0 Å². The molecule has 0 radical (unpaired) electrons. The van der Waals surface area contributed by atoms with E-state index in [2.05, 4.69) is 11.9 Å². The third kappa shape index (κ3) is 1.12. The monoisotopic (exact) mass is 182 g/mol. The minimum Gasteiger partial charge on any atom is -0.389 e. The van der Waals surface area contributed by atoms with Gasteiger partial charge >= 0.3 is 0 Å². The van der Waals surface area contributed by atoms with Crippen LogP contribution in [0.15, 0.2) is 5.51 Å². The van der Waals surface area contributed by atoms with Crippen molar-refractivity contribution in [3.8, 4) is 0 Å². The molecule has 0 aromatic carbocycles. The number of nitrogen functional groups attached to an aromatic ring is 1. The molecular weight excluding hydrogens is 168 g/mol. The van der Waals surface area contributed by atoms with Gasteiger partial charge in [-0.05, 0) is 12.8 Å². The van der Waals surface area contributed by atoms with Crippen LogP contribution >= 0.6 is 11.3 Å². The van der Waals surface area contributed by atoms with E-state index in [1.165, 1.54) is 25.7 Å². The molecule has 1 fully saturated rings. The number of hydrogen-bond donors (Lipinski definition) is 1. The molecule has 0 bridgehead atoms. The molecule has 2 rings (SSSR count). The molecule has 2 nitrogen and oxygen atoms in total.